The van der Waals surface area contributed by atoms with Crippen molar-refractivity contribution in [2.75, 3.05) is 39.5 Å². The minimum Gasteiger partial charge on any atom is -0.492 e. The number of morpholine rings is 1. The smallest absolute Gasteiger partial charge is 0.224 e. The molecule has 2 aliphatic carbocycles. The van der Waals surface area contributed by atoms with Gasteiger partial charge in [-0.25, -0.2) is 0 Å². The van der Waals surface area contributed by atoms with Crippen LogP contribution in [0.2, 0.25) is 0 Å². The molecule has 0 unspecified atom stereocenters. The number of hydrogen-bond donors (Lipinski definition) is 3. The van der Waals surface area contributed by atoms with Gasteiger partial charge < -0.3 is 25.0 Å². The quantitative estimate of drug-likeness (QED) is 0.198. The zero-order valence-electron chi connectivity index (χ0n) is 30.1. The maximum absolute atomic E-state index is 14.1. The van der Waals surface area contributed by atoms with E-state index in [1.54, 1.807) is 0 Å². The molecule has 270 valence electrons. The largest absolute Gasteiger partial charge is 0.492 e. The van der Waals surface area contributed by atoms with Gasteiger partial charge >= 0.3 is 0 Å². The number of nitrogens with one attached hydrogen (secondary N) is 1. The van der Waals surface area contributed by atoms with Crippen LogP contribution < -0.4 is 10.1 Å². The van der Waals surface area contributed by atoms with Crippen molar-refractivity contribution in [3.63, 3.8) is 0 Å². The van der Waals surface area contributed by atoms with Crippen LogP contribution in [0.15, 0.2) is 48.5 Å². The molecule has 1 saturated heterocycles. The standard InChI is InChI=1S/C41H60N2O6/c1-41(2,3)28-34(44)25-32(23-29-9-5-4-6-10-29)37(45)27-33(40(47)42-39-36-12-8-7-11-31(36)26-38(39)46)24-30-13-15-35(16-14-30)49-22-19-43-17-20-48-21-18-43/h7-8,11-16,29,32-33,37-39,45-46H,4-6,9-10,17-28H2,1-3H3,(H,42,47)/t32-,33-,37+,38-,39+/m1/s1. The monoisotopic (exact) mass is 676 g/mol. The van der Waals surface area contributed by atoms with Gasteiger partial charge in [-0.05, 0) is 65.3 Å². The Morgan fingerprint density at radius 3 is 2.45 bits per heavy atom. The summed E-state index contributed by atoms with van der Waals surface area (Å²) in [4.78, 5) is 29.7. The van der Waals surface area contributed by atoms with Crippen molar-refractivity contribution in [2.24, 2.45) is 23.2 Å². The summed E-state index contributed by atoms with van der Waals surface area (Å²) < 4.78 is 11.5. The number of ether oxygens (including phenoxy) is 2. The number of rotatable bonds is 16. The van der Waals surface area contributed by atoms with E-state index in [0.717, 1.165) is 74.6 Å². The first-order valence-electron chi connectivity index (χ1n) is 18.8. The molecule has 0 aromatic heterocycles. The van der Waals surface area contributed by atoms with Gasteiger partial charge in [0.25, 0.3) is 0 Å². The fourth-order valence-corrected chi connectivity index (χ4v) is 8.09. The Morgan fingerprint density at radius 2 is 1.73 bits per heavy atom. The van der Waals surface area contributed by atoms with Gasteiger partial charge in [0, 0.05) is 44.8 Å². The van der Waals surface area contributed by atoms with Crippen molar-refractivity contribution in [1.82, 2.24) is 10.2 Å². The summed E-state index contributed by atoms with van der Waals surface area (Å²) >= 11 is 0. The van der Waals surface area contributed by atoms with Gasteiger partial charge in [-0.2, -0.15) is 0 Å². The molecule has 1 aliphatic heterocycles. The number of aliphatic hydroxyl groups excluding tert-OH is 2. The first-order chi connectivity index (χ1) is 23.5. The number of ketones is 1. The highest BCUT2D eigenvalue weighted by molar-refractivity contribution is 5.80. The minimum atomic E-state index is -0.787. The predicted octanol–water partition coefficient (Wildman–Crippen LogP) is 6.06. The molecule has 8 nitrogen and oxygen atoms in total. The fraction of sp³-hybridized carbons (Fsp3) is 0.659. The molecule has 0 bridgehead atoms. The lowest BCUT2D eigenvalue weighted by Crippen LogP contribution is -2.40. The maximum Gasteiger partial charge on any atom is 0.224 e. The van der Waals surface area contributed by atoms with Gasteiger partial charge in [0.05, 0.1) is 31.5 Å². The first kappa shape index (κ1) is 37.5. The number of fused-ring (bicyclic) bond motifs is 1. The Morgan fingerprint density at radius 1 is 1.02 bits per heavy atom. The summed E-state index contributed by atoms with van der Waals surface area (Å²) in [6, 6.07) is 15.3. The first-order valence-corrected chi connectivity index (χ1v) is 18.8. The second-order valence-electron chi connectivity index (χ2n) is 16.1. The van der Waals surface area contributed by atoms with Crippen LogP contribution in [0.5, 0.6) is 5.75 Å². The zero-order valence-corrected chi connectivity index (χ0v) is 30.1. The van der Waals surface area contributed by atoms with E-state index in [0.29, 0.717) is 38.2 Å². The highest BCUT2D eigenvalue weighted by Crippen LogP contribution is 2.36. The van der Waals surface area contributed by atoms with Crippen LogP contribution in [-0.4, -0.2) is 78.5 Å². The van der Waals surface area contributed by atoms with Crippen LogP contribution in [0.4, 0.5) is 0 Å². The summed E-state index contributed by atoms with van der Waals surface area (Å²) in [5.41, 5.74) is 2.86. The highest BCUT2D eigenvalue weighted by Gasteiger charge is 2.36. The normalized spacial score (nSPS) is 22.2. The summed E-state index contributed by atoms with van der Waals surface area (Å²) in [7, 11) is 0. The van der Waals surface area contributed by atoms with Crippen molar-refractivity contribution in [3.8, 4) is 5.75 Å². The summed E-state index contributed by atoms with van der Waals surface area (Å²) in [6.07, 6.45) is 7.28. The van der Waals surface area contributed by atoms with E-state index in [9.17, 15) is 19.8 Å². The SMILES string of the molecule is CC(C)(C)CC(=O)C[C@@H](CC1CCCCC1)[C@@H](O)C[C@@H](Cc1ccc(OCCN2CCOCC2)cc1)C(=O)N[C@H]1c2ccccc2C[C@H]1O. The van der Waals surface area contributed by atoms with Crippen LogP contribution in [0.1, 0.15) is 101 Å². The average molecular weight is 677 g/mol. The molecule has 2 aromatic rings. The second-order valence-corrected chi connectivity index (χ2v) is 16.1. The van der Waals surface area contributed by atoms with E-state index in [1.807, 2.05) is 48.5 Å². The third-order valence-corrected chi connectivity index (χ3v) is 10.7. The lowest BCUT2D eigenvalue weighted by Gasteiger charge is -2.32. The molecule has 5 rings (SSSR count). The van der Waals surface area contributed by atoms with E-state index in [1.165, 1.54) is 19.3 Å². The predicted molar refractivity (Wildman–Crippen MR) is 192 cm³/mol. The Bertz CT molecular complexity index is 1330. The van der Waals surface area contributed by atoms with E-state index in [4.69, 9.17) is 9.47 Å². The van der Waals surface area contributed by atoms with Crippen LogP contribution >= 0.6 is 0 Å². The Kier molecular flexibility index (Phi) is 13.7. The number of carbonyl (C=O) groups excluding carboxylic acids is 2. The highest BCUT2D eigenvalue weighted by atomic mass is 16.5. The molecule has 3 aliphatic rings. The molecule has 1 amide bonds. The Balaban J connectivity index is 1.29. The van der Waals surface area contributed by atoms with Gasteiger partial charge in [0.2, 0.25) is 5.91 Å². The Hall–Kier alpha value is -2.78. The second kappa shape index (κ2) is 17.9. The van der Waals surface area contributed by atoms with Crippen molar-refractivity contribution < 1.29 is 29.3 Å². The molecule has 2 aromatic carbocycles. The number of hydrogen-bond acceptors (Lipinski definition) is 7. The van der Waals surface area contributed by atoms with E-state index in [-0.39, 0.29) is 29.4 Å². The molecule has 1 saturated carbocycles. The molecule has 5 atom stereocenters. The number of aliphatic hydroxyl groups is 2. The van der Waals surface area contributed by atoms with Crippen molar-refractivity contribution in [1.29, 1.82) is 0 Å². The van der Waals surface area contributed by atoms with Gasteiger partial charge in [0.1, 0.15) is 18.1 Å². The van der Waals surface area contributed by atoms with E-state index >= 15 is 0 Å². The van der Waals surface area contributed by atoms with Crippen molar-refractivity contribution in [2.45, 2.75) is 110 Å². The summed E-state index contributed by atoms with van der Waals surface area (Å²) in [6.45, 7) is 11.0. The molecule has 49 heavy (non-hydrogen) atoms. The van der Waals surface area contributed by atoms with E-state index < -0.39 is 24.2 Å². The molecule has 3 N–H and O–H groups in total. The lowest BCUT2D eigenvalue weighted by molar-refractivity contribution is -0.128. The molecule has 0 radical (unpaired) electrons. The number of nitrogens with zero attached hydrogens (tertiary/aromatic N) is 1. The van der Waals surface area contributed by atoms with Crippen LogP contribution in [-0.2, 0) is 27.2 Å². The van der Waals surface area contributed by atoms with Crippen LogP contribution in [0.25, 0.3) is 0 Å². The van der Waals surface area contributed by atoms with Crippen LogP contribution in [0, 0.1) is 23.2 Å². The number of carbonyl (C=O) groups is 2. The summed E-state index contributed by atoms with van der Waals surface area (Å²) in [5, 5.41) is 26.0. The molecular weight excluding hydrogens is 616 g/mol. The fourth-order valence-electron chi connectivity index (χ4n) is 8.09. The number of benzene rings is 2. The third-order valence-electron chi connectivity index (χ3n) is 10.7. The van der Waals surface area contributed by atoms with Gasteiger partial charge in [-0.15, -0.1) is 0 Å². The molecule has 8 heteroatoms. The van der Waals surface area contributed by atoms with Crippen molar-refractivity contribution in [3.05, 3.63) is 65.2 Å². The van der Waals surface area contributed by atoms with Crippen LogP contribution in [0.3, 0.4) is 0 Å². The maximum atomic E-state index is 14.1. The Labute approximate surface area is 294 Å². The molecular formula is C41H60N2O6. The van der Waals surface area contributed by atoms with Crippen molar-refractivity contribution >= 4 is 11.7 Å². The average Bonchev–Trinajstić information content (AvgIpc) is 3.39. The van der Waals surface area contributed by atoms with E-state index in [2.05, 4.69) is 31.0 Å². The lowest BCUT2D eigenvalue weighted by atomic mass is 9.76. The van der Waals surface area contributed by atoms with Gasteiger partial charge in [-0.1, -0.05) is 89.3 Å². The zero-order chi connectivity index (χ0) is 34.8. The topological polar surface area (TPSA) is 108 Å². The summed E-state index contributed by atoms with van der Waals surface area (Å²) in [5.74, 6) is 0.576. The third kappa shape index (κ3) is 11.6. The minimum absolute atomic E-state index is 0.114. The number of amides is 1. The van der Waals surface area contributed by atoms with Gasteiger partial charge in [-0.3, -0.25) is 14.5 Å². The van der Waals surface area contributed by atoms with Gasteiger partial charge in [0.15, 0.2) is 0 Å². The molecule has 0 spiro atoms. The molecule has 1 heterocycles. The number of Topliss-reactive ketones (excluding diaryl/α,β-unsaturated/α-hetero) is 1. The molecule has 2 fully saturated rings.